The normalized spacial score (nSPS) is 21.0. The Labute approximate surface area is 83.3 Å². The summed E-state index contributed by atoms with van der Waals surface area (Å²) in [6.45, 7) is 2.12. The van der Waals surface area contributed by atoms with E-state index in [9.17, 15) is 4.79 Å². The summed E-state index contributed by atoms with van der Waals surface area (Å²) >= 11 is 0. The number of benzene rings is 1. The van der Waals surface area contributed by atoms with Crippen LogP contribution >= 0.6 is 0 Å². The van der Waals surface area contributed by atoms with E-state index in [-0.39, 0.29) is 5.91 Å². The molecular formula is C11H14N2O. The summed E-state index contributed by atoms with van der Waals surface area (Å²) in [6, 6.07) is 7.60. The van der Waals surface area contributed by atoms with E-state index in [4.69, 9.17) is 5.73 Å². The number of amides is 1. The minimum atomic E-state index is -0.360. The average molecular weight is 190 g/mol. The van der Waals surface area contributed by atoms with Crippen LogP contribution in [0, 0.1) is 0 Å². The van der Waals surface area contributed by atoms with E-state index in [1.54, 1.807) is 12.1 Å². The SMILES string of the molecule is NC(=O)c1ccc([C@@H]2CCNC2)cc1. The van der Waals surface area contributed by atoms with Gasteiger partial charge < -0.3 is 11.1 Å². The van der Waals surface area contributed by atoms with Gasteiger partial charge in [0.05, 0.1) is 0 Å². The van der Waals surface area contributed by atoms with Gasteiger partial charge in [-0.1, -0.05) is 12.1 Å². The van der Waals surface area contributed by atoms with Crippen molar-refractivity contribution in [3.63, 3.8) is 0 Å². The van der Waals surface area contributed by atoms with Gasteiger partial charge in [0.2, 0.25) is 5.91 Å². The molecule has 74 valence electrons. The maximum Gasteiger partial charge on any atom is 0.248 e. The van der Waals surface area contributed by atoms with E-state index in [0.29, 0.717) is 11.5 Å². The first kappa shape index (κ1) is 9.21. The zero-order valence-corrected chi connectivity index (χ0v) is 7.99. The lowest BCUT2D eigenvalue weighted by molar-refractivity contribution is 0.100. The number of rotatable bonds is 2. The maximum atomic E-state index is 10.8. The van der Waals surface area contributed by atoms with Crippen molar-refractivity contribution >= 4 is 5.91 Å². The third-order valence-electron chi connectivity index (χ3n) is 2.73. The number of hydrogen-bond acceptors (Lipinski definition) is 2. The molecule has 1 aromatic carbocycles. The third-order valence-corrected chi connectivity index (χ3v) is 2.73. The number of hydrogen-bond donors (Lipinski definition) is 2. The topological polar surface area (TPSA) is 55.1 Å². The highest BCUT2D eigenvalue weighted by atomic mass is 16.1. The first-order chi connectivity index (χ1) is 6.77. The molecule has 0 aromatic heterocycles. The minimum absolute atomic E-state index is 0.360. The van der Waals surface area contributed by atoms with Crippen molar-refractivity contribution in [2.45, 2.75) is 12.3 Å². The molecule has 0 spiro atoms. The van der Waals surface area contributed by atoms with Crippen LogP contribution < -0.4 is 11.1 Å². The minimum Gasteiger partial charge on any atom is -0.366 e. The highest BCUT2D eigenvalue weighted by Gasteiger charge is 2.16. The average Bonchev–Trinajstić information content (AvgIpc) is 2.71. The summed E-state index contributed by atoms with van der Waals surface area (Å²) in [5.41, 5.74) is 7.04. The molecule has 1 fully saturated rings. The third kappa shape index (κ3) is 1.77. The van der Waals surface area contributed by atoms with E-state index < -0.39 is 0 Å². The molecule has 1 saturated heterocycles. The number of carbonyl (C=O) groups is 1. The first-order valence-corrected chi connectivity index (χ1v) is 4.88. The molecular weight excluding hydrogens is 176 g/mol. The van der Waals surface area contributed by atoms with Crippen LogP contribution in [0.4, 0.5) is 0 Å². The van der Waals surface area contributed by atoms with Crippen molar-refractivity contribution < 1.29 is 4.79 Å². The Morgan fingerprint density at radius 1 is 1.36 bits per heavy atom. The van der Waals surface area contributed by atoms with Crippen LogP contribution in [-0.2, 0) is 0 Å². The number of carbonyl (C=O) groups excluding carboxylic acids is 1. The molecule has 0 saturated carbocycles. The Bertz CT molecular complexity index is 326. The van der Waals surface area contributed by atoms with E-state index in [2.05, 4.69) is 5.32 Å². The van der Waals surface area contributed by atoms with Gasteiger partial charge in [-0.25, -0.2) is 0 Å². The lowest BCUT2D eigenvalue weighted by Gasteiger charge is -2.08. The van der Waals surface area contributed by atoms with Crippen molar-refractivity contribution in [3.8, 4) is 0 Å². The largest absolute Gasteiger partial charge is 0.366 e. The molecule has 3 heteroatoms. The van der Waals surface area contributed by atoms with Crippen LogP contribution in [-0.4, -0.2) is 19.0 Å². The standard InChI is InChI=1S/C11H14N2O/c12-11(14)9-3-1-8(2-4-9)10-5-6-13-7-10/h1-4,10,13H,5-7H2,(H2,12,14)/t10-/m1/s1. The van der Waals surface area contributed by atoms with Crippen LogP contribution in [0.25, 0.3) is 0 Å². The Kier molecular flexibility index (Phi) is 2.50. The summed E-state index contributed by atoms with van der Waals surface area (Å²) < 4.78 is 0. The van der Waals surface area contributed by atoms with Gasteiger partial charge in [-0.2, -0.15) is 0 Å². The molecule has 1 aliphatic rings. The second-order valence-electron chi connectivity index (χ2n) is 3.68. The highest BCUT2D eigenvalue weighted by molar-refractivity contribution is 5.92. The predicted molar refractivity (Wildman–Crippen MR) is 55.2 cm³/mol. The summed E-state index contributed by atoms with van der Waals surface area (Å²) in [4.78, 5) is 10.8. The Hall–Kier alpha value is -1.35. The smallest absolute Gasteiger partial charge is 0.248 e. The predicted octanol–water partition coefficient (Wildman–Crippen LogP) is 0.862. The summed E-state index contributed by atoms with van der Waals surface area (Å²) in [5, 5.41) is 3.32. The van der Waals surface area contributed by atoms with Gasteiger partial charge in [0.1, 0.15) is 0 Å². The number of nitrogens with one attached hydrogen (secondary N) is 1. The second-order valence-corrected chi connectivity index (χ2v) is 3.68. The first-order valence-electron chi connectivity index (χ1n) is 4.88. The molecule has 1 heterocycles. The summed E-state index contributed by atoms with van der Waals surface area (Å²) in [6.07, 6.45) is 1.18. The molecule has 3 nitrogen and oxygen atoms in total. The van der Waals surface area contributed by atoms with Crippen LogP contribution in [0.2, 0.25) is 0 Å². The van der Waals surface area contributed by atoms with Crippen LogP contribution in [0.1, 0.15) is 28.3 Å². The van der Waals surface area contributed by atoms with Crippen molar-refractivity contribution in [1.82, 2.24) is 5.32 Å². The number of primary amides is 1. The maximum absolute atomic E-state index is 10.8. The molecule has 0 unspecified atom stereocenters. The molecule has 1 amide bonds. The van der Waals surface area contributed by atoms with Crippen molar-refractivity contribution in [2.75, 3.05) is 13.1 Å². The molecule has 3 N–H and O–H groups in total. The molecule has 0 radical (unpaired) electrons. The zero-order valence-electron chi connectivity index (χ0n) is 7.99. The molecule has 1 atom stereocenters. The second kappa shape index (κ2) is 3.80. The van der Waals surface area contributed by atoms with Gasteiger partial charge in [-0.05, 0) is 36.6 Å². The van der Waals surface area contributed by atoms with Crippen molar-refractivity contribution in [3.05, 3.63) is 35.4 Å². The van der Waals surface area contributed by atoms with Crippen LogP contribution in [0.15, 0.2) is 24.3 Å². The van der Waals surface area contributed by atoms with Gasteiger partial charge in [0.25, 0.3) is 0 Å². The monoisotopic (exact) mass is 190 g/mol. The van der Waals surface area contributed by atoms with E-state index in [1.165, 1.54) is 12.0 Å². The molecule has 0 aliphatic carbocycles. The van der Waals surface area contributed by atoms with Crippen molar-refractivity contribution in [1.29, 1.82) is 0 Å². The Morgan fingerprint density at radius 3 is 2.57 bits per heavy atom. The van der Waals surface area contributed by atoms with Gasteiger partial charge in [0, 0.05) is 12.1 Å². The fourth-order valence-corrected chi connectivity index (χ4v) is 1.86. The quantitative estimate of drug-likeness (QED) is 0.726. The van der Waals surface area contributed by atoms with Crippen LogP contribution in [0.3, 0.4) is 0 Å². The molecule has 1 aliphatic heterocycles. The van der Waals surface area contributed by atoms with Gasteiger partial charge >= 0.3 is 0 Å². The fraction of sp³-hybridized carbons (Fsp3) is 0.364. The molecule has 2 rings (SSSR count). The highest BCUT2D eigenvalue weighted by Crippen LogP contribution is 2.22. The lowest BCUT2D eigenvalue weighted by Crippen LogP contribution is -2.11. The molecule has 0 bridgehead atoms. The van der Waals surface area contributed by atoms with Gasteiger partial charge in [0.15, 0.2) is 0 Å². The molecule has 14 heavy (non-hydrogen) atoms. The Morgan fingerprint density at radius 2 is 2.07 bits per heavy atom. The van der Waals surface area contributed by atoms with E-state index in [1.807, 2.05) is 12.1 Å². The van der Waals surface area contributed by atoms with Crippen LogP contribution in [0.5, 0.6) is 0 Å². The number of nitrogens with two attached hydrogens (primary N) is 1. The van der Waals surface area contributed by atoms with Gasteiger partial charge in [-0.3, -0.25) is 4.79 Å². The van der Waals surface area contributed by atoms with E-state index >= 15 is 0 Å². The lowest BCUT2D eigenvalue weighted by atomic mass is 9.97. The zero-order chi connectivity index (χ0) is 9.97. The van der Waals surface area contributed by atoms with Gasteiger partial charge in [-0.15, -0.1) is 0 Å². The summed E-state index contributed by atoms with van der Waals surface area (Å²) in [7, 11) is 0. The van der Waals surface area contributed by atoms with Crippen molar-refractivity contribution in [2.24, 2.45) is 5.73 Å². The molecule has 1 aromatic rings. The Balaban J connectivity index is 2.16. The fourth-order valence-electron chi connectivity index (χ4n) is 1.86. The summed E-state index contributed by atoms with van der Waals surface area (Å²) in [5.74, 6) is 0.234. The van der Waals surface area contributed by atoms with E-state index in [0.717, 1.165) is 13.1 Å².